The van der Waals surface area contributed by atoms with Crippen molar-refractivity contribution < 1.29 is 18.0 Å². The number of hydrogen-bond acceptors (Lipinski definition) is 4. The Kier molecular flexibility index (Phi) is 8.83. The van der Waals surface area contributed by atoms with Gasteiger partial charge in [-0.05, 0) is 43.9 Å². The van der Waals surface area contributed by atoms with E-state index in [4.69, 9.17) is 0 Å². The molecule has 0 fully saturated rings. The van der Waals surface area contributed by atoms with Gasteiger partial charge in [-0.3, -0.25) is 13.9 Å². The lowest BCUT2D eigenvalue weighted by molar-refractivity contribution is -0.139. The SMILES string of the molecule is CCCNC(=O)C(C)N(Cc1ccccc1)C(=O)CN(c1c(C)cccc1C)S(C)(=O)=O. The third-order valence-electron chi connectivity index (χ3n) is 5.28. The molecule has 8 heteroatoms. The van der Waals surface area contributed by atoms with Gasteiger partial charge in [0.05, 0.1) is 11.9 Å². The van der Waals surface area contributed by atoms with Gasteiger partial charge in [-0.1, -0.05) is 55.5 Å². The van der Waals surface area contributed by atoms with Crippen LogP contribution < -0.4 is 9.62 Å². The molecular formula is C24H33N3O4S. The second-order valence-electron chi connectivity index (χ2n) is 7.98. The van der Waals surface area contributed by atoms with Crippen molar-refractivity contribution in [2.75, 3.05) is 23.7 Å². The fraction of sp³-hybridized carbons (Fsp3) is 0.417. The minimum absolute atomic E-state index is 0.199. The number of para-hydroxylation sites is 1. The Hall–Kier alpha value is -2.87. The molecule has 0 heterocycles. The van der Waals surface area contributed by atoms with E-state index in [1.165, 1.54) is 4.90 Å². The normalized spacial score (nSPS) is 12.2. The predicted molar refractivity (Wildman–Crippen MR) is 128 cm³/mol. The van der Waals surface area contributed by atoms with E-state index < -0.39 is 22.0 Å². The average Bonchev–Trinajstić information content (AvgIpc) is 2.74. The summed E-state index contributed by atoms with van der Waals surface area (Å²) in [5.41, 5.74) is 2.86. The standard InChI is InChI=1S/C24H33N3O4S/c1-6-15-25-24(29)20(4)26(16-21-13-8-7-9-14-21)22(28)17-27(32(5,30)31)23-18(2)11-10-12-19(23)3/h7-14,20H,6,15-17H2,1-5H3,(H,25,29). The van der Waals surface area contributed by atoms with Gasteiger partial charge < -0.3 is 10.2 Å². The van der Waals surface area contributed by atoms with Gasteiger partial charge in [-0.25, -0.2) is 8.42 Å². The average molecular weight is 460 g/mol. The molecule has 0 aliphatic carbocycles. The topological polar surface area (TPSA) is 86.8 Å². The lowest BCUT2D eigenvalue weighted by Gasteiger charge is -2.32. The molecule has 0 radical (unpaired) electrons. The van der Waals surface area contributed by atoms with E-state index in [1.54, 1.807) is 6.92 Å². The molecule has 2 aromatic carbocycles. The first-order chi connectivity index (χ1) is 15.1. The summed E-state index contributed by atoms with van der Waals surface area (Å²) in [6.07, 6.45) is 1.87. The van der Waals surface area contributed by atoms with E-state index in [1.807, 2.05) is 69.3 Å². The maximum absolute atomic E-state index is 13.5. The number of nitrogens with zero attached hydrogens (tertiary/aromatic N) is 2. The molecule has 0 aliphatic heterocycles. The second kappa shape index (κ2) is 11.1. The highest BCUT2D eigenvalue weighted by atomic mass is 32.2. The Morgan fingerprint density at radius 1 is 1.00 bits per heavy atom. The number of rotatable bonds is 10. The van der Waals surface area contributed by atoms with Crippen molar-refractivity contribution >= 4 is 27.5 Å². The summed E-state index contributed by atoms with van der Waals surface area (Å²) in [6, 6.07) is 14.1. The zero-order valence-electron chi connectivity index (χ0n) is 19.5. The first-order valence-corrected chi connectivity index (χ1v) is 12.6. The number of carbonyl (C=O) groups is 2. The van der Waals surface area contributed by atoms with Gasteiger partial charge in [-0.2, -0.15) is 0 Å². The Balaban J connectivity index is 2.40. The van der Waals surface area contributed by atoms with Gasteiger partial charge in [0.25, 0.3) is 0 Å². The van der Waals surface area contributed by atoms with Crippen molar-refractivity contribution in [2.24, 2.45) is 0 Å². The van der Waals surface area contributed by atoms with Crippen LogP contribution in [0.4, 0.5) is 5.69 Å². The van der Waals surface area contributed by atoms with E-state index in [0.717, 1.165) is 33.7 Å². The zero-order valence-corrected chi connectivity index (χ0v) is 20.3. The summed E-state index contributed by atoms with van der Waals surface area (Å²) in [5, 5.41) is 2.82. The van der Waals surface area contributed by atoms with E-state index in [0.29, 0.717) is 12.2 Å². The molecule has 0 spiro atoms. The summed E-state index contributed by atoms with van der Waals surface area (Å²) >= 11 is 0. The van der Waals surface area contributed by atoms with Crippen molar-refractivity contribution in [1.82, 2.24) is 10.2 Å². The van der Waals surface area contributed by atoms with E-state index in [2.05, 4.69) is 5.32 Å². The third-order valence-corrected chi connectivity index (χ3v) is 6.39. The highest BCUT2D eigenvalue weighted by molar-refractivity contribution is 7.92. The van der Waals surface area contributed by atoms with Crippen LogP contribution in [0.2, 0.25) is 0 Å². The van der Waals surface area contributed by atoms with Crippen LogP contribution >= 0.6 is 0 Å². The number of hydrogen-bond donors (Lipinski definition) is 1. The molecule has 0 aliphatic rings. The highest BCUT2D eigenvalue weighted by Crippen LogP contribution is 2.27. The van der Waals surface area contributed by atoms with Crippen molar-refractivity contribution in [1.29, 1.82) is 0 Å². The van der Waals surface area contributed by atoms with Gasteiger partial charge in [0, 0.05) is 13.1 Å². The van der Waals surface area contributed by atoms with Gasteiger partial charge >= 0.3 is 0 Å². The largest absolute Gasteiger partial charge is 0.354 e. The molecule has 174 valence electrons. The van der Waals surface area contributed by atoms with E-state index in [-0.39, 0.29) is 19.0 Å². The molecule has 2 aromatic rings. The van der Waals surface area contributed by atoms with Crippen LogP contribution in [0.3, 0.4) is 0 Å². The number of anilines is 1. The molecule has 0 saturated carbocycles. The van der Waals surface area contributed by atoms with Crippen LogP contribution in [-0.2, 0) is 26.2 Å². The fourth-order valence-electron chi connectivity index (χ4n) is 3.53. The maximum Gasteiger partial charge on any atom is 0.244 e. The van der Waals surface area contributed by atoms with Crippen LogP contribution in [0.25, 0.3) is 0 Å². The molecule has 0 bridgehead atoms. The summed E-state index contributed by atoms with van der Waals surface area (Å²) in [7, 11) is -3.74. The molecular weight excluding hydrogens is 426 g/mol. The van der Waals surface area contributed by atoms with Crippen LogP contribution in [-0.4, -0.2) is 50.5 Å². The first kappa shape index (κ1) is 25.4. The molecule has 1 unspecified atom stereocenters. The Morgan fingerprint density at radius 2 is 1.59 bits per heavy atom. The number of amides is 2. The maximum atomic E-state index is 13.5. The van der Waals surface area contributed by atoms with E-state index in [9.17, 15) is 18.0 Å². The second-order valence-corrected chi connectivity index (χ2v) is 9.89. The highest BCUT2D eigenvalue weighted by Gasteiger charge is 2.30. The number of benzene rings is 2. The van der Waals surface area contributed by atoms with Gasteiger partial charge in [-0.15, -0.1) is 0 Å². The number of carbonyl (C=O) groups excluding carboxylic acids is 2. The Morgan fingerprint density at radius 3 is 2.12 bits per heavy atom. The monoisotopic (exact) mass is 459 g/mol. The summed E-state index contributed by atoms with van der Waals surface area (Å²) in [6.45, 7) is 7.56. The number of nitrogens with one attached hydrogen (secondary N) is 1. The quantitative estimate of drug-likeness (QED) is 0.592. The molecule has 32 heavy (non-hydrogen) atoms. The summed E-state index contributed by atoms with van der Waals surface area (Å²) < 4.78 is 26.5. The summed E-state index contributed by atoms with van der Waals surface area (Å²) in [4.78, 5) is 27.6. The minimum Gasteiger partial charge on any atom is -0.354 e. The zero-order chi connectivity index (χ0) is 23.9. The fourth-order valence-corrected chi connectivity index (χ4v) is 4.50. The third kappa shape index (κ3) is 6.56. The minimum atomic E-state index is -3.74. The Labute approximate surface area is 191 Å². The molecule has 1 N–H and O–H groups in total. The molecule has 0 saturated heterocycles. The van der Waals surface area contributed by atoms with Crippen molar-refractivity contribution in [2.45, 2.75) is 46.7 Å². The summed E-state index contributed by atoms with van der Waals surface area (Å²) in [5.74, 6) is -0.713. The lowest BCUT2D eigenvalue weighted by atomic mass is 10.1. The molecule has 0 aromatic heterocycles. The van der Waals surface area contributed by atoms with Gasteiger partial charge in [0.2, 0.25) is 21.8 Å². The van der Waals surface area contributed by atoms with Crippen molar-refractivity contribution in [3.63, 3.8) is 0 Å². The molecule has 2 amide bonds. The predicted octanol–water partition coefficient (Wildman–Crippen LogP) is 3.01. The van der Waals surface area contributed by atoms with Crippen molar-refractivity contribution in [3.8, 4) is 0 Å². The smallest absolute Gasteiger partial charge is 0.244 e. The molecule has 1 atom stereocenters. The van der Waals surface area contributed by atoms with Crippen LogP contribution in [0.15, 0.2) is 48.5 Å². The van der Waals surface area contributed by atoms with Crippen molar-refractivity contribution in [3.05, 3.63) is 65.2 Å². The Bertz CT molecular complexity index is 1020. The number of aryl methyl sites for hydroxylation is 2. The van der Waals surface area contributed by atoms with Crippen LogP contribution in [0.5, 0.6) is 0 Å². The van der Waals surface area contributed by atoms with Crippen LogP contribution in [0.1, 0.15) is 37.0 Å². The first-order valence-electron chi connectivity index (χ1n) is 10.7. The van der Waals surface area contributed by atoms with Crippen LogP contribution in [0, 0.1) is 13.8 Å². The number of sulfonamides is 1. The molecule has 2 rings (SSSR count). The van der Waals surface area contributed by atoms with Gasteiger partial charge in [0.15, 0.2) is 0 Å². The molecule has 7 nitrogen and oxygen atoms in total. The van der Waals surface area contributed by atoms with Gasteiger partial charge in [0.1, 0.15) is 12.6 Å². The van der Waals surface area contributed by atoms with E-state index >= 15 is 0 Å². The lowest BCUT2D eigenvalue weighted by Crippen LogP contribution is -2.51.